The summed E-state index contributed by atoms with van der Waals surface area (Å²) >= 11 is 0. The highest BCUT2D eigenvalue weighted by atomic mass is 32.2. The highest BCUT2D eigenvalue weighted by molar-refractivity contribution is 7.85. The molecule has 1 N–H and O–H groups in total. The molecule has 80 valence electrons. The summed E-state index contributed by atoms with van der Waals surface area (Å²) in [6, 6.07) is 0. The monoisotopic (exact) mass is 208 g/mol. The Morgan fingerprint density at radius 1 is 1.46 bits per heavy atom. The molecule has 0 aliphatic rings. The Morgan fingerprint density at radius 3 is 2.69 bits per heavy atom. The van der Waals surface area contributed by atoms with Gasteiger partial charge in [0.1, 0.15) is 0 Å². The number of aliphatic hydroxyl groups excluding tert-OH is 1. The second-order valence-electron chi connectivity index (χ2n) is 2.98. The van der Waals surface area contributed by atoms with Crippen LogP contribution in [0.5, 0.6) is 0 Å². The molecule has 4 heteroatoms. The van der Waals surface area contributed by atoms with Gasteiger partial charge in [-0.2, -0.15) is 0 Å². The molecule has 0 unspecified atom stereocenters. The fourth-order valence-electron chi connectivity index (χ4n) is 0.905. The molecule has 0 bridgehead atoms. The van der Waals surface area contributed by atoms with Crippen molar-refractivity contribution >= 4 is 10.8 Å². The number of aliphatic hydroxyl groups is 1. The quantitative estimate of drug-likeness (QED) is 0.645. The van der Waals surface area contributed by atoms with Crippen LogP contribution in [-0.4, -0.2) is 40.1 Å². The van der Waals surface area contributed by atoms with Gasteiger partial charge < -0.3 is 9.84 Å². The minimum Gasteiger partial charge on any atom is -0.390 e. The van der Waals surface area contributed by atoms with Crippen molar-refractivity contribution in [2.75, 3.05) is 24.7 Å². The fraction of sp³-hybridized carbons (Fsp3) is 1.00. The number of rotatable bonds is 8. The molecule has 0 spiro atoms. The molecule has 0 saturated carbocycles. The van der Waals surface area contributed by atoms with E-state index in [1.54, 1.807) is 0 Å². The minimum atomic E-state index is -0.883. The average molecular weight is 208 g/mol. The molecule has 0 aromatic heterocycles. The topological polar surface area (TPSA) is 46.5 Å². The van der Waals surface area contributed by atoms with Crippen LogP contribution < -0.4 is 0 Å². The maximum absolute atomic E-state index is 11.3. The Hall–Kier alpha value is 0.0700. The Kier molecular flexibility index (Phi) is 8.71. The minimum absolute atomic E-state index is 0.300. The first-order valence-corrected chi connectivity index (χ1v) is 6.30. The number of hydrogen-bond acceptors (Lipinski definition) is 3. The zero-order valence-electron chi connectivity index (χ0n) is 8.49. The van der Waals surface area contributed by atoms with E-state index >= 15 is 0 Å². The SMILES string of the molecule is CCCC[S@](=O)C[C@@H](O)COCC. The van der Waals surface area contributed by atoms with Crippen molar-refractivity contribution in [3.8, 4) is 0 Å². The zero-order chi connectivity index (χ0) is 10.1. The molecule has 2 atom stereocenters. The molecule has 13 heavy (non-hydrogen) atoms. The first kappa shape index (κ1) is 13.1. The van der Waals surface area contributed by atoms with Crippen molar-refractivity contribution < 1.29 is 14.1 Å². The van der Waals surface area contributed by atoms with E-state index in [2.05, 4.69) is 6.92 Å². The Morgan fingerprint density at radius 2 is 2.15 bits per heavy atom. The van der Waals surface area contributed by atoms with Crippen molar-refractivity contribution in [2.24, 2.45) is 0 Å². The van der Waals surface area contributed by atoms with Gasteiger partial charge in [0.15, 0.2) is 0 Å². The van der Waals surface area contributed by atoms with E-state index in [9.17, 15) is 9.32 Å². The van der Waals surface area contributed by atoms with E-state index in [0.29, 0.717) is 24.7 Å². The molecule has 0 radical (unpaired) electrons. The van der Waals surface area contributed by atoms with E-state index in [1.807, 2.05) is 6.92 Å². The molecule has 0 heterocycles. The lowest BCUT2D eigenvalue weighted by Gasteiger charge is -2.09. The van der Waals surface area contributed by atoms with E-state index in [-0.39, 0.29) is 0 Å². The van der Waals surface area contributed by atoms with Crippen molar-refractivity contribution in [3.05, 3.63) is 0 Å². The van der Waals surface area contributed by atoms with Crippen LogP contribution in [-0.2, 0) is 15.5 Å². The largest absolute Gasteiger partial charge is 0.390 e. The van der Waals surface area contributed by atoms with E-state index in [1.165, 1.54) is 0 Å². The van der Waals surface area contributed by atoms with Crippen molar-refractivity contribution in [1.82, 2.24) is 0 Å². The lowest BCUT2D eigenvalue weighted by atomic mass is 10.4. The molecule has 0 rings (SSSR count). The predicted octanol–water partition coefficient (Wildman–Crippen LogP) is 0.933. The molecule has 0 fully saturated rings. The molecule has 0 aromatic rings. The molecule has 0 aromatic carbocycles. The summed E-state index contributed by atoms with van der Waals surface area (Å²) in [5.74, 6) is 1.04. The third-order valence-electron chi connectivity index (χ3n) is 1.62. The van der Waals surface area contributed by atoms with Gasteiger partial charge in [0.05, 0.1) is 18.5 Å². The Balaban J connectivity index is 3.41. The van der Waals surface area contributed by atoms with Crippen LogP contribution >= 0.6 is 0 Å². The highest BCUT2D eigenvalue weighted by Crippen LogP contribution is 1.96. The van der Waals surface area contributed by atoms with Gasteiger partial charge >= 0.3 is 0 Å². The lowest BCUT2D eigenvalue weighted by Crippen LogP contribution is -2.23. The van der Waals surface area contributed by atoms with Gasteiger partial charge in [-0.05, 0) is 13.3 Å². The summed E-state index contributed by atoms with van der Waals surface area (Å²) in [4.78, 5) is 0. The third kappa shape index (κ3) is 8.40. The summed E-state index contributed by atoms with van der Waals surface area (Å²) in [6.07, 6.45) is 1.44. The van der Waals surface area contributed by atoms with Gasteiger partial charge in [-0.15, -0.1) is 0 Å². The van der Waals surface area contributed by atoms with Crippen LogP contribution in [0.25, 0.3) is 0 Å². The number of unbranched alkanes of at least 4 members (excludes halogenated alkanes) is 1. The van der Waals surface area contributed by atoms with Gasteiger partial charge in [0, 0.05) is 23.2 Å². The molecule has 0 aliphatic heterocycles. The fourth-order valence-corrected chi connectivity index (χ4v) is 2.21. The van der Waals surface area contributed by atoms with Crippen LogP contribution in [0, 0.1) is 0 Å². The maximum atomic E-state index is 11.3. The van der Waals surface area contributed by atoms with E-state index in [0.717, 1.165) is 12.8 Å². The summed E-state index contributed by atoms with van der Waals surface area (Å²) in [5, 5.41) is 9.33. The Bertz CT molecular complexity index is 139. The lowest BCUT2D eigenvalue weighted by molar-refractivity contribution is 0.0547. The van der Waals surface area contributed by atoms with Crippen LogP contribution in [0.4, 0.5) is 0 Å². The maximum Gasteiger partial charge on any atom is 0.0888 e. The van der Waals surface area contributed by atoms with E-state index in [4.69, 9.17) is 4.74 Å². The molecule has 0 amide bonds. The van der Waals surface area contributed by atoms with E-state index < -0.39 is 16.9 Å². The normalized spacial score (nSPS) is 15.6. The Labute approximate surface area is 82.9 Å². The second kappa shape index (κ2) is 8.66. The summed E-state index contributed by atoms with van der Waals surface area (Å²) in [7, 11) is -0.883. The van der Waals surface area contributed by atoms with Gasteiger partial charge in [0.2, 0.25) is 0 Å². The summed E-state index contributed by atoms with van der Waals surface area (Å²) < 4.78 is 16.3. The summed E-state index contributed by atoms with van der Waals surface area (Å²) in [5.41, 5.74) is 0. The van der Waals surface area contributed by atoms with Crippen LogP contribution in [0.2, 0.25) is 0 Å². The predicted molar refractivity (Wildman–Crippen MR) is 55.3 cm³/mol. The molecular weight excluding hydrogens is 188 g/mol. The molecule has 0 aliphatic carbocycles. The zero-order valence-corrected chi connectivity index (χ0v) is 9.31. The van der Waals surface area contributed by atoms with Crippen molar-refractivity contribution in [3.63, 3.8) is 0 Å². The van der Waals surface area contributed by atoms with Crippen LogP contribution in [0.15, 0.2) is 0 Å². The van der Waals surface area contributed by atoms with Gasteiger partial charge in [0.25, 0.3) is 0 Å². The van der Waals surface area contributed by atoms with Gasteiger partial charge in [-0.1, -0.05) is 13.3 Å². The number of ether oxygens (including phenoxy) is 1. The van der Waals surface area contributed by atoms with Gasteiger partial charge in [-0.25, -0.2) is 0 Å². The first-order chi connectivity index (χ1) is 6.20. The standard InChI is InChI=1S/C9H20O3S/c1-3-5-6-13(11)8-9(10)7-12-4-2/h9-10H,3-8H2,1-2H3/t9-,13-/m0/s1. The average Bonchev–Trinajstić information content (AvgIpc) is 2.11. The van der Waals surface area contributed by atoms with Crippen molar-refractivity contribution in [2.45, 2.75) is 32.8 Å². The smallest absolute Gasteiger partial charge is 0.0888 e. The highest BCUT2D eigenvalue weighted by Gasteiger charge is 2.08. The van der Waals surface area contributed by atoms with Crippen molar-refractivity contribution in [1.29, 1.82) is 0 Å². The molecule has 0 saturated heterocycles. The molecule has 3 nitrogen and oxygen atoms in total. The van der Waals surface area contributed by atoms with Gasteiger partial charge in [-0.3, -0.25) is 4.21 Å². The molecular formula is C9H20O3S. The number of hydrogen-bond donors (Lipinski definition) is 1. The first-order valence-electron chi connectivity index (χ1n) is 4.81. The van der Waals surface area contributed by atoms with Crippen LogP contribution in [0.3, 0.4) is 0 Å². The van der Waals surface area contributed by atoms with Crippen LogP contribution in [0.1, 0.15) is 26.7 Å². The second-order valence-corrected chi connectivity index (χ2v) is 4.60. The third-order valence-corrected chi connectivity index (χ3v) is 3.12. The summed E-state index contributed by atoms with van der Waals surface area (Å²) in [6.45, 7) is 4.83.